The SMILES string of the molecule is CCC(C(=O)Nc1c(C)cccc1C)n1cnc2sc(C(=O)OCCOC)c(C)c2c1=O. The van der Waals surface area contributed by atoms with E-state index >= 15 is 0 Å². The van der Waals surface area contributed by atoms with Crippen molar-refractivity contribution in [3.8, 4) is 0 Å². The Hall–Kier alpha value is -3.04. The highest BCUT2D eigenvalue weighted by Gasteiger charge is 2.25. The van der Waals surface area contributed by atoms with Crippen molar-refractivity contribution in [2.24, 2.45) is 0 Å². The summed E-state index contributed by atoms with van der Waals surface area (Å²) in [6.07, 6.45) is 1.78. The average molecular weight is 458 g/mol. The van der Waals surface area contributed by atoms with Gasteiger partial charge >= 0.3 is 5.97 Å². The van der Waals surface area contributed by atoms with E-state index in [9.17, 15) is 14.4 Å². The first-order valence-corrected chi connectivity index (χ1v) is 11.1. The second-order valence-corrected chi connectivity index (χ2v) is 8.50. The van der Waals surface area contributed by atoms with E-state index in [0.717, 1.165) is 28.2 Å². The van der Waals surface area contributed by atoms with Gasteiger partial charge in [0.25, 0.3) is 5.56 Å². The maximum atomic E-state index is 13.3. The fraction of sp³-hybridized carbons (Fsp3) is 0.391. The lowest BCUT2D eigenvalue weighted by Gasteiger charge is -2.19. The number of fused-ring (bicyclic) bond motifs is 1. The van der Waals surface area contributed by atoms with Crippen LogP contribution < -0.4 is 10.9 Å². The maximum Gasteiger partial charge on any atom is 0.348 e. The van der Waals surface area contributed by atoms with E-state index in [-0.39, 0.29) is 24.7 Å². The molecular formula is C23H27N3O5S. The van der Waals surface area contributed by atoms with Crippen molar-refractivity contribution in [3.63, 3.8) is 0 Å². The van der Waals surface area contributed by atoms with Crippen LogP contribution in [-0.4, -0.2) is 41.8 Å². The van der Waals surface area contributed by atoms with Gasteiger partial charge in [0.15, 0.2) is 0 Å². The molecular weight excluding hydrogens is 430 g/mol. The number of rotatable bonds is 8. The zero-order valence-corrected chi connectivity index (χ0v) is 19.7. The molecule has 1 aromatic carbocycles. The molecule has 0 radical (unpaired) electrons. The lowest BCUT2D eigenvalue weighted by atomic mass is 10.1. The highest BCUT2D eigenvalue weighted by atomic mass is 32.1. The van der Waals surface area contributed by atoms with Gasteiger partial charge in [-0.3, -0.25) is 14.2 Å². The number of hydrogen-bond donors (Lipinski definition) is 1. The zero-order valence-electron chi connectivity index (χ0n) is 18.9. The Morgan fingerprint density at radius 2 is 1.88 bits per heavy atom. The van der Waals surface area contributed by atoms with E-state index in [2.05, 4.69) is 10.3 Å². The van der Waals surface area contributed by atoms with Crippen LogP contribution in [0.25, 0.3) is 10.2 Å². The van der Waals surface area contributed by atoms with Gasteiger partial charge in [-0.05, 0) is 43.9 Å². The number of anilines is 1. The molecule has 3 rings (SSSR count). The van der Waals surface area contributed by atoms with E-state index in [0.29, 0.717) is 27.1 Å². The largest absolute Gasteiger partial charge is 0.459 e. The van der Waals surface area contributed by atoms with Crippen molar-refractivity contribution in [1.29, 1.82) is 0 Å². The lowest BCUT2D eigenvalue weighted by molar-refractivity contribution is -0.119. The molecule has 8 nitrogen and oxygen atoms in total. The van der Waals surface area contributed by atoms with Crippen LogP contribution in [0.5, 0.6) is 0 Å². The van der Waals surface area contributed by atoms with Gasteiger partial charge in [-0.1, -0.05) is 25.1 Å². The molecule has 1 amide bonds. The first-order chi connectivity index (χ1) is 15.3. The van der Waals surface area contributed by atoms with Crippen LogP contribution in [-0.2, 0) is 14.3 Å². The molecule has 0 aliphatic rings. The van der Waals surface area contributed by atoms with Crippen LogP contribution in [0, 0.1) is 20.8 Å². The van der Waals surface area contributed by atoms with Crippen molar-refractivity contribution in [3.05, 3.63) is 56.4 Å². The molecule has 1 N–H and O–H groups in total. The van der Waals surface area contributed by atoms with E-state index in [4.69, 9.17) is 9.47 Å². The summed E-state index contributed by atoms with van der Waals surface area (Å²) >= 11 is 1.11. The highest BCUT2D eigenvalue weighted by molar-refractivity contribution is 7.20. The second kappa shape index (κ2) is 10.1. The number of carbonyl (C=O) groups is 2. The van der Waals surface area contributed by atoms with Crippen LogP contribution in [0.3, 0.4) is 0 Å². The maximum absolute atomic E-state index is 13.3. The molecule has 3 aromatic rings. The molecule has 2 aromatic heterocycles. The second-order valence-electron chi connectivity index (χ2n) is 7.50. The van der Waals surface area contributed by atoms with Gasteiger partial charge in [0.05, 0.1) is 18.3 Å². The molecule has 32 heavy (non-hydrogen) atoms. The Bertz CT molecular complexity index is 1190. The number of ether oxygens (including phenoxy) is 2. The van der Waals surface area contributed by atoms with Crippen molar-refractivity contribution in [2.45, 2.75) is 40.2 Å². The summed E-state index contributed by atoms with van der Waals surface area (Å²) in [6, 6.07) is 5.03. The van der Waals surface area contributed by atoms with E-state index in [1.165, 1.54) is 18.0 Å². The third-order valence-electron chi connectivity index (χ3n) is 5.34. The minimum atomic E-state index is -0.741. The molecule has 0 bridgehead atoms. The van der Waals surface area contributed by atoms with Gasteiger partial charge in [0, 0.05) is 12.8 Å². The number of carbonyl (C=O) groups excluding carboxylic acids is 2. The molecule has 0 aliphatic heterocycles. The lowest BCUT2D eigenvalue weighted by Crippen LogP contribution is -2.33. The number of nitrogens with one attached hydrogen (secondary N) is 1. The normalized spacial score (nSPS) is 12.0. The molecule has 0 spiro atoms. The van der Waals surface area contributed by atoms with Gasteiger partial charge in [0.1, 0.15) is 22.4 Å². The monoisotopic (exact) mass is 457 g/mol. The topological polar surface area (TPSA) is 99.5 Å². The van der Waals surface area contributed by atoms with Crippen molar-refractivity contribution in [2.75, 3.05) is 25.6 Å². The fourth-order valence-corrected chi connectivity index (χ4v) is 4.60. The van der Waals surface area contributed by atoms with Crippen LogP contribution in [0.1, 0.15) is 45.7 Å². The number of benzene rings is 1. The van der Waals surface area contributed by atoms with Gasteiger partial charge in [-0.25, -0.2) is 9.78 Å². The zero-order chi connectivity index (χ0) is 23.4. The summed E-state index contributed by atoms with van der Waals surface area (Å²) < 4.78 is 11.4. The Balaban J connectivity index is 1.96. The molecule has 2 heterocycles. The number of thiophene rings is 1. The first kappa shape index (κ1) is 23.6. The molecule has 0 aliphatic carbocycles. The summed E-state index contributed by atoms with van der Waals surface area (Å²) in [5.41, 5.74) is 2.78. The molecule has 170 valence electrons. The number of aromatic nitrogens is 2. The summed E-state index contributed by atoms with van der Waals surface area (Å²) in [5.74, 6) is -0.812. The molecule has 0 fully saturated rings. The third kappa shape index (κ3) is 4.58. The minimum absolute atomic E-state index is 0.122. The van der Waals surface area contributed by atoms with E-state index < -0.39 is 12.0 Å². The van der Waals surface area contributed by atoms with Gasteiger partial charge in [-0.2, -0.15) is 0 Å². The van der Waals surface area contributed by atoms with Gasteiger partial charge < -0.3 is 14.8 Å². The number of aryl methyl sites for hydroxylation is 3. The number of hydrogen-bond acceptors (Lipinski definition) is 7. The van der Waals surface area contributed by atoms with Crippen molar-refractivity contribution < 1.29 is 19.1 Å². The standard InChI is InChI=1S/C23H27N3O5S/c1-6-16(20(27)25-18-13(2)8-7-9-14(18)3)26-12-24-21-17(22(26)28)15(4)19(32-21)23(29)31-11-10-30-5/h7-9,12,16H,6,10-11H2,1-5H3,(H,25,27). The molecule has 9 heteroatoms. The van der Waals surface area contributed by atoms with Gasteiger partial charge in [0.2, 0.25) is 5.91 Å². The van der Waals surface area contributed by atoms with Crippen LogP contribution in [0.4, 0.5) is 5.69 Å². The Morgan fingerprint density at radius 1 is 1.19 bits per heavy atom. The first-order valence-electron chi connectivity index (χ1n) is 10.3. The summed E-state index contributed by atoms with van der Waals surface area (Å²) in [7, 11) is 1.52. The van der Waals surface area contributed by atoms with Crippen molar-refractivity contribution in [1.82, 2.24) is 9.55 Å². The molecule has 1 atom stereocenters. The Morgan fingerprint density at radius 3 is 2.50 bits per heavy atom. The molecule has 0 saturated carbocycles. The predicted octanol–water partition coefficient (Wildman–Crippen LogP) is 3.78. The fourth-order valence-electron chi connectivity index (χ4n) is 3.56. The number of methoxy groups -OCH3 is 1. The summed E-state index contributed by atoms with van der Waals surface area (Å²) in [4.78, 5) is 43.9. The number of esters is 1. The van der Waals surface area contributed by atoms with E-state index in [1.807, 2.05) is 39.0 Å². The number of para-hydroxylation sites is 1. The van der Waals surface area contributed by atoms with Crippen molar-refractivity contribution >= 4 is 39.1 Å². The quantitative estimate of drug-likeness (QED) is 0.408. The van der Waals surface area contributed by atoms with Gasteiger partial charge in [-0.15, -0.1) is 11.3 Å². The highest BCUT2D eigenvalue weighted by Crippen LogP contribution is 2.28. The average Bonchev–Trinajstić information content (AvgIpc) is 3.10. The Labute approximate surface area is 190 Å². The molecule has 0 saturated heterocycles. The summed E-state index contributed by atoms with van der Waals surface area (Å²) in [5, 5.41) is 3.29. The van der Waals surface area contributed by atoms with Crippen LogP contribution in [0.15, 0.2) is 29.3 Å². The Kier molecular flexibility index (Phi) is 7.42. The number of amides is 1. The van der Waals surface area contributed by atoms with Crippen LogP contribution in [0.2, 0.25) is 0 Å². The minimum Gasteiger partial charge on any atom is -0.459 e. The third-order valence-corrected chi connectivity index (χ3v) is 6.52. The summed E-state index contributed by atoms with van der Waals surface area (Å²) in [6.45, 7) is 7.78. The van der Waals surface area contributed by atoms with Crippen LogP contribution >= 0.6 is 11.3 Å². The number of nitrogens with zero attached hydrogens (tertiary/aromatic N) is 2. The van der Waals surface area contributed by atoms with E-state index in [1.54, 1.807) is 6.92 Å². The molecule has 1 unspecified atom stereocenters. The smallest absolute Gasteiger partial charge is 0.348 e. The predicted molar refractivity (Wildman–Crippen MR) is 125 cm³/mol.